The van der Waals surface area contributed by atoms with Gasteiger partial charge in [-0.3, -0.25) is 0 Å². The lowest BCUT2D eigenvalue weighted by molar-refractivity contribution is 0.0734. The monoisotopic (exact) mass is 430 g/mol. The molecule has 6 heteroatoms. The largest absolute Gasteiger partial charge is 0.456 e. The first-order chi connectivity index (χ1) is 15.0. The number of para-hydroxylation sites is 1. The number of carbonyl (C=O) groups is 1. The van der Waals surface area contributed by atoms with E-state index < -0.39 is 11.6 Å². The van der Waals surface area contributed by atoms with Crippen LogP contribution >= 0.6 is 11.6 Å². The van der Waals surface area contributed by atoms with Crippen molar-refractivity contribution in [1.29, 1.82) is 0 Å². The van der Waals surface area contributed by atoms with E-state index in [0.29, 0.717) is 44.2 Å². The number of hydrogen-bond donors (Lipinski definition) is 0. The van der Waals surface area contributed by atoms with Gasteiger partial charge in [0.25, 0.3) is 0 Å². The smallest absolute Gasteiger partial charge is 0.345 e. The third-order valence-electron chi connectivity index (χ3n) is 5.03. The van der Waals surface area contributed by atoms with E-state index in [0.717, 1.165) is 5.39 Å². The molecule has 31 heavy (non-hydrogen) atoms. The summed E-state index contributed by atoms with van der Waals surface area (Å²) in [6.45, 7) is 1.77. The predicted molar refractivity (Wildman–Crippen MR) is 119 cm³/mol. The molecule has 0 unspecified atom stereocenters. The summed E-state index contributed by atoms with van der Waals surface area (Å²) in [5, 5.41) is 1.81. The summed E-state index contributed by atoms with van der Waals surface area (Å²) in [7, 11) is 0. The maximum absolute atomic E-state index is 12.7. The van der Waals surface area contributed by atoms with Crippen molar-refractivity contribution in [1.82, 2.24) is 0 Å². The van der Waals surface area contributed by atoms with Gasteiger partial charge in [-0.2, -0.15) is 0 Å². The molecule has 0 atom stereocenters. The Kier molecular flexibility index (Phi) is 4.60. The molecule has 0 aliphatic rings. The first-order valence-electron chi connectivity index (χ1n) is 9.54. The molecule has 0 saturated carbocycles. The van der Waals surface area contributed by atoms with Gasteiger partial charge in [0.15, 0.2) is 0 Å². The summed E-state index contributed by atoms with van der Waals surface area (Å²) in [5.74, 6) is 0.283. The van der Waals surface area contributed by atoms with E-state index in [4.69, 9.17) is 25.2 Å². The van der Waals surface area contributed by atoms with Crippen molar-refractivity contribution in [2.24, 2.45) is 0 Å². The Bertz CT molecular complexity index is 1490. The molecule has 0 radical (unpaired) electrons. The summed E-state index contributed by atoms with van der Waals surface area (Å²) in [6, 6.07) is 20.8. The number of benzene rings is 3. The van der Waals surface area contributed by atoms with Crippen molar-refractivity contribution in [3.63, 3.8) is 0 Å². The zero-order valence-corrected chi connectivity index (χ0v) is 17.1. The van der Waals surface area contributed by atoms with Gasteiger partial charge in [-0.25, -0.2) is 9.59 Å². The van der Waals surface area contributed by atoms with Crippen molar-refractivity contribution >= 4 is 39.5 Å². The molecule has 5 rings (SSSR count). The van der Waals surface area contributed by atoms with Crippen molar-refractivity contribution in [3.05, 3.63) is 99.4 Å². The van der Waals surface area contributed by atoms with Crippen LogP contribution in [0.4, 0.5) is 0 Å². The molecule has 0 aliphatic carbocycles. The van der Waals surface area contributed by atoms with Crippen molar-refractivity contribution < 1.29 is 18.4 Å². The third-order valence-corrected chi connectivity index (χ3v) is 5.36. The number of halogens is 1. The number of aryl methyl sites for hydroxylation is 1. The minimum absolute atomic E-state index is 0.265. The SMILES string of the molecule is Cc1cc2oc(=O)cc(-c3cc4ccccc4o3)c2cc1OC(=O)c1ccccc1Cl. The van der Waals surface area contributed by atoms with Crippen molar-refractivity contribution in [2.45, 2.75) is 6.92 Å². The van der Waals surface area contributed by atoms with Crippen LogP contribution in [0.5, 0.6) is 5.75 Å². The van der Waals surface area contributed by atoms with Crippen molar-refractivity contribution in [2.75, 3.05) is 0 Å². The quantitative estimate of drug-likeness (QED) is 0.188. The average Bonchev–Trinajstić information content (AvgIpc) is 3.18. The van der Waals surface area contributed by atoms with Crippen LogP contribution < -0.4 is 10.4 Å². The summed E-state index contributed by atoms with van der Waals surface area (Å²) in [4.78, 5) is 24.8. The number of rotatable bonds is 3. The lowest BCUT2D eigenvalue weighted by Crippen LogP contribution is -2.10. The fourth-order valence-electron chi connectivity index (χ4n) is 3.50. The molecule has 2 heterocycles. The van der Waals surface area contributed by atoms with Crippen LogP contribution in [-0.4, -0.2) is 5.97 Å². The van der Waals surface area contributed by atoms with Crippen LogP contribution in [-0.2, 0) is 0 Å². The fraction of sp³-hybridized carbons (Fsp3) is 0.0400. The normalized spacial score (nSPS) is 11.2. The van der Waals surface area contributed by atoms with Crippen LogP contribution in [0.3, 0.4) is 0 Å². The van der Waals surface area contributed by atoms with Crippen LogP contribution in [0, 0.1) is 6.92 Å². The van der Waals surface area contributed by atoms with Crippen LogP contribution in [0.1, 0.15) is 15.9 Å². The van der Waals surface area contributed by atoms with Gasteiger partial charge in [-0.1, -0.05) is 41.9 Å². The highest BCUT2D eigenvalue weighted by atomic mass is 35.5. The Hall–Kier alpha value is -3.83. The number of hydrogen-bond acceptors (Lipinski definition) is 5. The molecular weight excluding hydrogens is 416 g/mol. The van der Waals surface area contributed by atoms with Gasteiger partial charge in [0.05, 0.1) is 10.6 Å². The van der Waals surface area contributed by atoms with Gasteiger partial charge in [0, 0.05) is 22.4 Å². The van der Waals surface area contributed by atoms with E-state index in [2.05, 4.69) is 0 Å². The van der Waals surface area contributed by atoms with E-state index in [-0.39, 0.29) is 5.56 Å². The molecule has 0 saturated heterocycles. The summed E-state index contributed by atoms with van der Waals surface area (Å²) in [6.07, 6.45) is 0. The highest BCUT2D eigenvalue weighted by Gasteiger charge is 2.18. The third kappa shape index (κ3) is 3.49. The summed E-state index contributed by atoms with van der Waals surface area (Å²) < 4.78 is 17.0. The number of furan rings is 1. The van der Waals surface area contributed by atoms with Gasteiger partial charge in [0.2, 0.25) is 0 Å². The lowest BCUT2D eigenvalue weighted by Gasteiger charge is -2.11. The Morgan fingerprint density at radius 2 is 1.68 bits per heavy atom. The minimum atomic E-state index is -0.573. The average molecular weight is 431 g/mol. The Morgan fingerprint density at radius 3 is 2.48 bits per heavy atom. The number of fused-ring (bicyclic) bond motifs is 2. The predicted octanol–water partition coefficient (Wildman–Crippen LogP) is 6.39. The topological polar surface area (TPSA) is 69.7 Å². The molecule has 0 bridgehead atoms. The van der Waals surface area contributed by atoms with Gasteiger partial charge in [-0.05, 0) is 48.9 Å². The molecule has 152 valence electrons. The van der Waals surface area contributed by atoms with Gasteiger partial charge in [0.1, 0.15) is 22.7 Å². The van der Waals surface area contributed by atoms with Crippen LogP contribution in [0.25, 0.3) is 33.3 Å². The Morgan fingerprint density at radius 1 is 0.903 bits per heavy atom. The Labute approximate surface area is 181 Å². The zero-order chi connectivity index (χ0) is 21.5. The van der Waals surface area contributed by atoms with E-state index >= 15 is 0 Å². The van der Waals surface area contributed by atoms with Gasteiger partial charge < -0.3 is 13.6 Å². The second-order valence-corrected chi connectivity index (χ2v) is 7.52. The molecule has 0 spiro atoms. The Balaban J connectivity index is 1.65. The molecule has 2 aromatic heterocycles. The second-order valence-electron chi connectivity index (χ2n) is 7.11. The standard InChI is InChI=1S/C25H15ClO5/c1-14-10-22-17(12-21(14)31-25(28)16-7-3-4-8-19(16)26)18(13-24(27)30-22)23-11-15-6-2-5-9-20(15)29-23/h2-13H,1H3. The maximum atomic E-state index is 12.7. The maximum Gasteiger partial charge on any atom is 0.345 e. The molecule has 3 aromatic carbocycles. The number of ether oxygens (including phenoxy) is 1. The lowest BCUT2D eigenvalue weighted by atomic mass is 10.0. The first kappa shape index (κ1) is 19.2. The van der Waals surface area contributed by atoms with E-state index in [1.807, 2.05) is 30.3 Å². The highest BCUT2D eigenvalue weighted by Crippen LogP contribution is 2.35. The van der Waals surface area contributed by atoms with Crippen molar-refractivity contribution in [3.8, 4) is 17.1 Å². The van der Waals surface area contributed by atoms with Gasteiger partial charge >= 0.3 is 11.6 Å². The van der Waals surface area contributed by atoms with Crippen LogP contribution in [0.2, 0.25) is 5.02 Å². The molecule has 0 N–H and O–H groups in total. The number of carbonyl (C=O) groups excluding carboxylic acids is 1. The van der Waals surface area contributed by atoms with Gasteiger partial charge in [-0.15, -0.1) is 0 Å². The first-order valence-corrected chi connectivity index (χ1v) is 9.91. The molecule has 5 aromatic rings. The minimum Gasteiger partial charge on any atom is -0.456 e. The summed E-state index contributed by atoms with van der Waals surface area (Å²) in [5.41, 5.74) is 2.04. The zero-order valence-electron chi connectivity index (χ0n) is 16.3. The van der Waals surface area contributed by atoms with Crippen LogP contribution in [0.15, 0.2) is 86.4 Å². The highest BCUT2D eigenvalue weighted by molar-refractivity contribution is 6.33. The molecular formula is C25H15ClO5. The molecule has 5 nitrogen and oxygen atoms in total. The molecule has 0 fully saturated rings. The molecule has 0 amide bonds. The molecule has 0 aliphatic heterocycles. The van der Waals surface area contributed by atoms with E-state index in [1.165, 1.54) is 6.07 Å². The fourth-order valence-corrected chi connectivity index (χ4v) is 3.71. The second kappa shape index (κ2) is 7.45. The number of esters is 1. The van der Waals surface area contributed by atoms with E-state index in [9.17, 15) is 9.59 Å². The van der Waals surface area contributed by atoms with E-state index in [1.54, 1.807) is 43.3 Å². The summed E-state index contributed by atoms with van der Waals surface area (Å²) >= 11 is 6.12.